The minimum atomic E-state index is -0.425. The van der Waals surface area contributed by atoms with Gasteiger partial charge in [0.1, 0.15) is 6.61 Å². The van der Waals surface area contributed by atoms with Crippen LogP contribution in [0.4, 0.5) is 4.79 Å². The van der Waals surface area contributed by atoms with E-state index < -0.39 is 6.09 Å². The van der Waals surface area contributed by atoms with Crippen molar-refractivity contribution < 1.29 is 9.53 Å². The van der Waals surface area contributed by atoms with Crippen molar-refractivity contribution in [2.75, 3.05) is 13.1 Å². The van der Waals surface area contributed by atoms with Crippen molar-refractivity contribution in [3.05, 3.63) is 48.0 Å². The van der Waals surface area contributed by atoms with Crippen LogP contribution in [0.2, 0.25) is 0 Å². The topological polar surface area (TPSA) is 64.3 Å². The minimum Gasteiger partial charge on any atom is -0.445 e. The van der Waals surface area contributed by atoms with Crippen LogP contribution in [0, 0.1) is 0 Å². The Morgan fingerprint density at radius 2 is 2.00 bits per heavy atom. The molecule has 4 nitrogen and oxygen atoms in total. The van der Waals surface area contributed by atoms with Crippen LogP contribution >= 0.6 is 12.4 Å². The number of nitrogens with one attached hydrogen (secondary N) is 1. The zero-order valence-corrected chi connectivity index (χ0v) is 10.3. The number of carbonyl (C=O) groups excluding carboxylic acids is 1. The van der Waals surface area contributed by atoms with Crippen LogP contribution in [0.5, 0.6) is 0 Å². The standard InChI is InChI=1S/C12H16N2O2.ClH/c13-8-4-5-9-14-12(15)16-10-11-6-2-1-3-7-11;/h1-7H,8-10,13H2,(H,14,15);1H/b5-4+;. The monoisotopic (exact) mass is 256 g/mol. The Morgan fingerprint density at radius 1 is 1.29 bits per heavy atom. The van der Waals surface area contributed by atoms with E-state index in [1.807, 2.05) is 30.3 Å². The van der Waals surface area contributed by atoms with Gasteiger partial charge in [0.2, 0.25) is 0 Å². The lowest BCUT2D eigenvalue weighted by atomic mass is 10.2. The van der Waals surface area contributed by atoms with Crippen molar-refractivity contribution in [1.29, 1.82) is 0 Å². The Kier molecular flexibility index (Phi) is 8.82. The Morgan fingerprint density at radius 3 is 2.65 bits per heavy atom. The molecule has 0 radical (unpaired) electrons. The summed E-state index contributed by atoms with van der Waals surface area (Å²) in [6, 6.07) is 9.53. The summed E-state index contributed by atoms with van der Waals surface area (Å²) in [6.07, 6.45) is 3.13. The Hall–Kier alpha value is -1.52. The maximum absolute atomic E-state index is 11.2. The quantitative estimate of drug-likeness (QED) is 0.791. The second kappa shape index (κ2) is 9.69. The van der Waals surface area contributed by atoms with Crippen LogP contribution in [0.1, 0.15) is 5.56 Å². The highest BCUT2D eigenvalue weighted by Gasteiger charge is 1.99. The van der Waals surface area contributed by atoms with E-state index in [0.717, 1.165) is 5.56 Å². The molecule has 94 valence electrons. The van der Waals surface area contributed by atoms with Gasteiger partial charge in [-0.15, -0.1) is 12.4 Å². The summed E-state index contributed by atoms with van der Waals surface area (Å²) in [5.74, 6) is 0. The molecule has 0 spiro atoms. The first-order chi connectivity index (χ1) is 7.83. The summed E-state index contributed by atoms with van der Waals surface area (Å²) < 4.78 is 4.99. The zero-order chi connectivity index (χ0) is 11.6. The van der Waals surface area contributed by atoms with Gasteiger partial charge in [0.15, 0.2) is 0 Å². The molecule has 0 bridgehead atoms. The SMILES string of the molecule is Cl.NC/C=C/CNC(=O)OCc1ccccc1. The molecule has 17 heavy (non-hydrogen) atoms. The average molecular weight is 257 g/mol. The van der Waals surface area contributed by atoms with Crippen LogP contribution in [-0.2, 0) is 11.3 Å². The van der Waals surface area contributed by atoms with E-state index >= 15 is 0 Å². The fourth-order valence-corrected chi connectivity index (χ4v) is 1.10. The van der Waals surface area contributed by atoms with Gasteiger partial charge in [-0.2, -0.15) is 0 Å². The molecule has 0 aliphatic heterocycles. The molecule has 5 heteroatoms. The predicted octanol–water partition coefficient (Wildman–Crippen LogP) is 1.85. The van der Waals surface area contributed by atoms with Crippen molar-refractivity contribution >= 4 is 18.5 Å². The van der Waals surface area contributed by atoms with Gasteiger partial charge in [-0.25, -0.2) is 4.79 Å². The Labute approximate surface area is 107 Å². The van der Waals surface area contributed by atoms with Gasteiger partial charge in [0.05, 0.1) is 0 Å². The number of nitrogens with two attached hydrogens (primary N) is 1. The van der Waals surface area contributed by atoms with E-state index in [-0.39, 0.29) is 19.0 Å². The van der Waals surface area contributed by atoms with Gasteiger partial charge in [0.25, 0.3) is 0 Å². The van der Waals surface area contributed by atoms with E-state index in [1.54, 1.807) is 12.2 Å². The van der Waals surface area contributed by atoms with E-state index in [0.29, 0.717) is 13.1 Å². The summed E-state index contributed by atoms with van der Waals surface area (Å²) >= 11 is 0. The highest BCUT2D eigenvalue weighted by molar-refractivity contribution is 5.85. The van der Waals surface area contributed by atoms with Crippen molar-refractivity contribution in [1.82, 2.24) is 5.32 Å². The van der Waals surface area contributed by atoms with E-state index in [2.05, 4.69) is 5.32 Å². The summed E-state index contributed by atoms with van der Waals surface area (Å²) in [7, 11) is 0. The normalized spacial score (nSPS) is 9.71. The average Bonchev–Trinajstić information content (AvgIpc) is 2.33. The number of halogens is 1. The molecule has 0 atom stereocenters. The van der Waals surface area contributed by atoms with Crippen molar-refractivity contribution in [3.63, 3.8) is 0 Å². The Balaban J connectivity index is 0.00000256. The van der Waals surface area contributed by atoms with Gasteiger partial charge >= 0.3 is 6.09 Å². The maximum Gasteiger partial charge on any atom is 0.407 e. The van der Waals surface area contributed by atoms with Crippen LogP contribution in [0.25, 0.3) is 0 Å². The van der Waals surface area contributed by atoms with Gasteiger partial charge < -0.3 is 15.8 Å². The van der Waals surface area contributed by atoms with Crippen LogP contribution in [0.15, 0.2) is 42.5 Å². The molecule has 1 amide bonds. The van der Waals surface area contributed by atoms with Gasteiger partial charge in [-0.05, 0) is 5.56 Å². The van der Waals surface area contributed by atoms with Gasteiger partial charge in [-0.1, -0.05) is 42.5 Å². The molecule has 0 unspecified atom stereocenters. The lowest BCUT2D eigenvalue weighted by Gasteiger charge is -2.04. The molecular formula is C12H17ClN2O2. The number of ether oxygens (including phenoxy) is 1. The van der Waals surface area contributed by atoms with Crippen molar-refractivity contribution in [2.45, 2.75) is 6.61 Å². The third-order valence-electron chi connectivity index (χ3n) is 1.88. The predicted molar refractivity (Wildman–Crippen MR) is 70.1 cm³/mol. The molecular weight excluding hydrogens is 240 g/mol. The molecule has 0 heterocycles. The number of rotatable bonds is 5. The number of amides is 1. The van der Waals surface area contributed by atoms with Crippen LogP contribution in [-0.4, -0.2) is 19.2 Å². The van der Waals surface area contributed by atoms with Crippen molar-refractivity contribution in [2.24, 2.45) is 5.73 Å². The third-order valence-corrected chi connectivity index (χ3v) is 1.88. The molecule has 0 aliphatic rings. The number of benzene rings is 1. The summed E-state index contributed by atoms with van der Waals surface area (Å²) in [4.78, 5) is 11.2. The number of hydrogen-bond donors (Lipinski definition) is 2. The smallest absolute Gasteiger partial charge is 0.407 e. The first kappa shape index (κ1) is 15.5. The molecule has 0 aromatic heterocycles. The summed E-state index contributed by atoms with van der Waals surface area (Å²) in [5, 5.41) is 2.58. The first-order valence-corrected chi connectivity index (χ1v) is 5.12. The molecule has 1 aromatic carbocycles. The number of carbonyl (C=O) groups is 1. The second-order valence-electron chi connectivity index (χ2n) is 3.15. The summed E-state index contributed by atoms with van der Waals surface area (Å²) in [6.45, 7) is 1.19. The molecule has 1 aromatic rings. The lowest BCUT2D eigenvalue weighted by Crippen LogP contribution is -2.24. The number of alkyl carbamates (subject to hydrolysis) is 1. The minimum absolute atomic E-state index is 0. The summed E-state index contributed by atoms with van der Waals surface area (Å²) in [5.41, 5.74) is 6.22. The van der Waals surface area contributed by atoms with Crippen LogP contribution in [0.3, 0.4) is 0 Å². The van der Waals surface area contributed by atoms with Gasteiger partial charge in [0, 0.05) is 13.1 Å². The highest BCUT2D eigenvalue weighted by Crippen LogP contribution is 2.00. The fourth-order valence-electron chi connectivity index (χ4n) is 1.10. The fraction of sp³-hybridized carbons (Fsp3) is 0.250. The van der Waals surface area contributed by atoms with E-state index in [4.69, 9.17) is 10.5 Å². The first-order valence-electron chi connectivity index (χ1n) is 5.12. The number of hydrogen-bond acceptors (Lipinski definition) is 3. The van der Waals surface area contributed by atoms with E-state index in [1.165, 1.54) is 0 Å². The molecule has 0 saturated carbocycles. The van der Waals surface area contributed by atoms with E-state index in [9.17, 15) is 4.79 Å². The van der Waals surface area contributed by atoms with Gasteiger partial charge in [-0.3, -0.25) is 0 Å². The third kappa shape index (κ3) is 7.38. The van der Waals surface area contributed by atoms with Crippen molar-refractivity contribution in [3.8, 4) is 0 Å². The molecule has 3 N–H and O–H groups in total. The molecule has 0 aliphatic carbocycles. The second-order valence-corrected chi connectivity index (χ2v) is 3.15. The highest BCUT2D eigenvalue weighted by atomic mass is 35.5. The van der Waals surface area contributed by atoms with Crippen LogP contribution < -0.4 is 11.1 Å². The zero-order valence-electron chi connectivity index (χ0n) is 9.46. The molecule has 0 saturated heterocycles. The molecule has 1 rings (SSSR count). The Bertz CT molecular complexity index is 342. The molecule has 0 fully saturated rings. The largest absolute Gasteiger partial charge is 0.445 e. The maximum atomic E-state index is 11.2. The lowest BCUT2D eigenvalue weighted by molar-refractivity contribution is 0.140.